The number of carboxylic acids is 1. The van der Waals surface area contributed by atoms with E-state index in [-0.39, 0.29) is 11.5 Å². The van der Waals surface area contributed by atoms with Gasteiger partial charge in [-0.3, -0.25) is 5.32 Å². The van der Waals surface area contributed by atoms with Gasteiger partial charge >= 0.3 is 12.1 Å². The van der Waals surface area contributed by atoms with E-state index in [0.29, 0.717) is 0 Å². The average molecular weight is 183 g/mol. The summed E-state index contributed by atoms with van der Waals surface area (Å²) in [5.41, 5.74) is -0.240. The van der Waals surface area contributed by atoms with E-state index in [4.69, 9.17) is 10.2 Å². The highest BCUT2D eigenvalue weighted by molar-refractivity contribution is 5.85. The molecule has 1 aromatic heterocycles. The molecule has 0 saturated heterocycles. The lowest BCUT2D eigenvalue weighted by molar-refractivity contribution is 0.0690. The summed E-state index contributed by atoms with van der Waals surface area (Å²) >= 11 is 0. The van der Waals surface area contributed by atoms with Crippen molar-refractivity contribution >= 4 is 17.9 Å². The first-order chi connectivity index (χ1) is 6.09. The number of amides is 1. The lowest BCUT2D eigenvalue weighted by Crippen LogP contribution is -2.10. The Morgan fingerprint density at radius 3 is 2.31 bits per heavy atom. The second kappa shape index (κ2) is 3.48. The number of carboxylic acid groups (broad SMARTS) is 2. The fourth-order valence-electron chi connectivity index (χ4n) is 0.613. The van der Waals surface area contributed by atoms with E-state index in [9.17, 15) is 9.59 Å². The zero-order valence-corrected chi connectivity index (χ0v) is 6.26. The van der Waals surface area contributed by atoms with E-state index in [1.165, 1.54) is 0 Å². The molecule has 0 aliphatic carbocycles. The third kappa shape index (κ3) is 2.40. The molecule has 7 nitrogen and oxygen atoms in total. The molecule has 0 saturated carbocycles. The Labute approximate surface area is 72.1 Å². The Balaban J connectivity index is 2.81. The highest BCUT2D eigenvalue weighted by Crippen LogP contribution is 2.00. The molecule has 1 aromatic rings. The predicted molar refractivity (Wildman–Crippen MR) is 40.6 cm³/mol. The first-order valence-electron chi connectivity index (χ1n) is 3.15. The van der Waals surface area contributed by atoms with Crippen molar-refractivity contribution in [1.82, 2.24) is 9.97 Å². The van der Waals surface area contributed by atoms with E-state index in [1.54, 1.807) is 0 Å². The van der Waals surface area contributed by atoms with Crippen molar-refractivity contribution in [1.29, 1.82) is 0 Å². The summed E-state index contributed by atoms with van der Waals surface area (Å²) in [6.07, 6.45) is 0.711. The number of carbonyl (C=O) groups is 2. The van der Waals surface area contributed by atoms with Crippen LogP contribution >= 0.6 is 0 Å². The van der Waals surface area contributed by atoms with Crippen molar-refractivity contribution in [3.05, 3.63) is 18.1 Å². The van der Waals surface area contributed by atoms with Gasteiger partial charge in [0.05, 0.1) is 12.4 Å². The van der Waals surface area contributed by atoms with Crippen molar-refractivity contribution in [2.24, 2.45) is 0 Å². The van der Waals surface area contributed by atoms with Crippen LogP contribution in [-0.2, 0) is 0 Å². The normalized spacial score (nSPS) is 9.23. The van der Waals surface area contributed by atoms with Crippen LogP contribution in [-0.4, -0.2) is 32.2 Å². The Kier molecular flexibility index (Phi) is 2.38. The second-order valence-electron chi connectivity index (χ2n) is 2.02. The molecule has 0 atom stereocenters. The molecule has 0 radical (unpaired) electrons. The maximum Gasteiger partial charge on any atom is 0.410 e. The number of aromatic nitrogens is 2. The number of aromatic carboxylic acids is 1. The van der Waals surface area contributed by atoms with Crippen LogP contribution < -0.4 is 5.32 Å². The molecule has 3 N–H and O–H groups in total. The SMILES string of the molecule is O=C(O)Nc1cnc(C(=O)O)cn1. The first-order valence-corrected chi connectivity index (χ1v) is 3.15. The van der Waals surface area contributed by atoms with Crippen LogP contribution in [0.1, 0.15) is 10.5 Å². The van der Waals surface area contributed by atoms with Gasteiger partial charge in [-0.1, -0.05) is 0 Å². The van der Waals surface area contributed by atoms with Crippen LogP contribution in [0.3, 0.4) is 0 Å². The molecule has 7 heteroatoms. The van der Waals surface area contributed by atoms with Gasteiger partial charge in [-0.2, -0.15) is 0 Å². The summed E-state index contributed by atoms with van der Waals surface area (Å²) in [7, 11) is 0. The summed E-state index contributed by atoms with van der Waals surface area (Å²) in [5.74, 6) is -1.23. The molecule has 0 fully saturated rings. The van der Waals surface area contributed by atoms with E-state index in [0.717, 1.165) is 12.4 Å². The van der Waals surface area contributed by atoms with Crippen molar-refractivity contribution < 1.29 is 19.8 Å². The number of rotatable bonds is 2. The van der Waals surface area contributed by atoms with Crippen molar-refractivity contribution in [3.8, 4) is 0 Å². The van der Waals surface area contributed by atoms with Gasteiger partial charge in [0, 0.05) is 0 Å². The molecule has 1 heterocycles. The molecule has 0 bridgehead atoms. The Bertz CT molecular complexity index is 334. The van der Waals surface area contributed by atoms with E-state index >= 15 is 0 Å². The molecule has 0 aliphatic rings. The molecule has 0 aliphatic heterocycles. The Morgan fingerprint density at radius 1 is 1.23 bits per heavy atom. The van der Waals surface area contributed by atoms with Gasteiger partial charge in [-0.25, -0.2) is 19.6 Å². The van der Waals surface area contributed by atoms with Crippen LogP contribution in [0.2, 0.25) is 0 Å². The highest BCUT2D eigenvalue weighted by atomic mass is 16.4. The topological polar surface area (TPSA) is 112 Å². The first kappa shape index (κ1) is 8.91. The zero-order chi connectivity index (χ0) is 9.84. The molecular formula is C6H5N3O4. The zero-order valence-electron chi connectivity index (χ0n) is 6.26. The average Bonchev–Trinajstić information content (AvgIpc) is 2.04. The molecular weight excluding hydrogens is 178 g/mol. The number of nitrogens with one attached hydrogen (secondary N) is 1. The lowest BCUT2D eigenvalue weighted by atomic mass is 10.4. The fraction of sp³-hybridized carbons (Fsp3) is 0. The van der Waals surface area contributed by atoms with Crippen molar-refractivity contribution in [3.63, 3.8) is 0 Å². The molecule has 1 amide bonds. The molecule has 0 spiro atoms. The maximum atomic E-state index is 10.3. The van der Waals surface area contributed by atoms with Crippen LogP contribution in [0.25, 0.3) is 0 Å². The minimum absolute atomic E-state index is 0.0162. The van der Waals surface area contributed by atoms with Crippen molar-refractivity contribution in [2.45, 2.75) is 0 Å². The summed E-state index contributed by atoms with van der Waals surface area (Å²) < 4.78 is 0. The largest absolute Gasteiger partial charge is 0.476 e. The molecule has 0 aromatic carbocycles. The second-order valence-corrected chi connectivity index (χ2v) is 2.02. The summed E-state index contributed by atoms with van der Waals surface area (Å²) in [4.78, 5) is 27.3. The number of nitrogens with zero attached hydrogens (tertiary/aromatic N) is 2. The predicted octanol–water partition coefficient (Wildman–Crippen LogP) is 0.265. The number of hydrogen-bond donors (Lipinski definition) is 3. The van der Waals surface area contributed by atoms with E-state index < -0.39 is 12.1 Å². The smallest absolute Gasteiger partial charge is 0.410 e. The standard InChI is InChI=1S/C6H5N3O4/c10-5(11)3-1-8-4(2-7-3)9-6(12)13/h1-2H,(H,8,9)(H,10,11)(H,12,13). The van der Waals surface area contributed by atoms with Gasteiger partial charge in [0.2, 0.25) is 0 Å². The van der Waals surface area contributed by atoms with Crippen LogP contribution in [0.4, 0.5) is 10.6 Å². The fourth-order valence-corrected chi connectivity index (χ4v) is 0.613. The van der Waals surface area contributed by atoms with Gasteiger partial charge < -0.3 is 10.2 Å². The van der Waals surface area contributed by atoms with Gasteiger partial charge in [0.25, 0.3) is 0 Å². The van der Waals surface area contributed by atoms with Gasteiger partial charge in [-0.15, -0.1) is 0 Å². The maximum absolute atomic E-state index is 10.3. The summed E-state index contributed by atoms with van der Waals surface area (Å²) in [5, 5.41) is 18.6. The minimum atomic E-state index is -1.28. The monoisotopic (exact) mass is 183 g/mol. The number of anilines is 1. The molecule has 1 rings (SSSR count). The van der Waals surface area contributed by atoms with Crippen LogP contribution in [0, 0.1) is 0 Å². The third-order valence-corrected chi connectivity index (χ3v) is 1.11. The van der Waals surface area contributed by atoms with Gasteiger partial charge in [0.1, 0.15) is 0 Å². The highest BCUT2D eigenvalue weighted by Gasteiger charge is 2.05. The lowest BCUT2D eigenvalue weighted by Gasteiger charge is -1.97. The van der Waals surface area contributed by atoms with E-state index in [1.807, 2.05) is 5.32 Å². The summed E-state index contributed by atoms with van der Waals surface area (Å²) in [6, 6.07) is 0. The van der Waals surface area contributed by atoms with Crippen LogP contribution in [0.15, 0.2) is 12.4 Å². The Hall–Kier alpha value is -2.18. The number of hydrogen-bond acceptors (Lipinski definition) is 4. The minimum Gasteiger partial charge on any atom is -0.476 e. The molecule has 0 unspecified atom stereocenters. The molecule has 13 heavy (non-hydrogen) atoms. The Morgan fingerprint density at radius 2 is 1.92 bits per heavy atom. The molecule has 68 valence electrons. The quantitative estimate of drug-likeness (QED) is 0.606. The van der Waals surface area contributed by atoms with Gasteiger partial charge in [0.15, 0.2) is 11.5 Å². The third-order valence-electron chi connectivity index (χ3n) is 1.11. The van der Waals surface area contributed by atoms with Gasteiger partial charge in [-0.05, 0) is 0 Å². The van der Waals surface area contributed by atoms with Crippen molar-refractivity contribution in [2.75, 3.05) is 5.32 Å². The van der Waals surface area contributed by atoms with Crippen LogP contribution in [0.5, 0.6) is 0 Å². The van der Waals surface area contributed by atoms with E-state index in [2.05, 4.69) is 9.97 Å². The summed E-state index contributed by atoms with van der Waals surface area (Å²) in [6.45, 7) is 0.